The smallest absolute Gasteiger partial charge is 0.237 e. The fourth-order valence-electron chi connectivity index (χ4n) is 3.74. The first-order valence-corrected chi connectivity index (χ1v) is 11.5. The van der Waals surface area contributed by atoms with E-state index in [2.05, 4.69) is 10.6 Å². The topological polar surface area (TPSA) is 76.4 Å². The summed E-state index contributed by atoms with van der Waals surface area (Å²) < 4.78 is 5.41. The molecule has 168 valence electrons. The lowest BCUT2D eigenvalue weighted by atomic mass is 9.92. The monoisotopic (exact) mass is 463 g/mol. The maximum Gasteiger partial charge on any atom is 0.237 e. The number of nitrogens with one attached hydrogen (secondary N) is 2. The molecule has 0 radical (unpaired) electrons. The van der Waals surface area contributed by atoms with Crippen molar-refractivity contribution in [1.29, 1.82) is 0 Å². The van der Waals surface area contributed by atoms with Crippen LogP contribution in [0, 0.1) is 5.92 Å². The summed E-state index contributed by atoms with van der Waals surface area (Å²) in [5.74, 6) is 0.428. The Labute approximate surface area is 194 Å². The number of nitrogens with two attached hydrogens (primary N) is 1. The van der Waals surface area contributed by atoms with Gasteiger partial charge in [-0.3, -0.25) is 4.79 Å². The zero-order valence-corrected chi connectivity index (χ0v) is 19.4. The average Bonchev–Trinajstić information content (AvgIpc) is 2.76. The Bertz CT molecular complexity index is 852. The zero-order chi connectivity index (χ0) is 22.3. The van der Waals surface area contributed by atoms with Crippen LogP contribution in [0.5, 0.6) is 0 Å². The SMILES string of the molecule is C[C@](N)(CN[C@H](Cc1cccc(Cl)c1)C(=O)NCC1CCOCC1)c1ccc(Cl)cc1. The molecule has 4 N–H and O–H groups in total. The molecule has 1 saturated heterocycles. The second kappa shape index (κ2) is 11.3. The number of carbonyl (C=O) groups is 1. The lowest BCUT2D eigenvalue weighted by Gasteiger charge is -2.29. The van der Waals surface area contributed by atoms with Crippen LogP contribution in [0.2, 0.25) is 10.0 Å². The largest absolute Gasteiger partial charge is 0.381 e. The number of hydrogen-bond acceptors (Lipinski definition) is 4. The first-order chi connectivity index (χ1) is 14.8. The van der Waals surface area contributed by atoms with Gasteiger partial charge in [0.2, 0.25) is 5.91 Å². The Hall–Kier alpha value is -1.63. The van der Waals surface area contributed by atoms with E-state index in [9.17, 15) is 4.79 Å². The number of hydrogen-bond donors (Lipinski definition) is 3. The van der Waals surface area contributed by atoms with Gasteiger partial charge in [0.25, 0.3) is 0 Å². The molecule has 1 heterocycles. The fourth-order valence-corrected chi connectivity index (χ4v) is 4.08. The van der Waals surface area contributed by atoms with Crippen LogP contribution in [0.25, 0.3) is 0 Å². The summed E-state index contributed by atoms with van der Waals surface area (Å²) in [5, 5.41) is 7.84. The Kier molecular flexibility index (Phi) is 8.76. The lowest BCUT2D eigenvalue weighted by molar-refractivity contribution is -0.123. The third-order valence-electron chi connectivity index (χ3n) is 5.77. The molecule has 0 bridgehead atoms. The molecule has 1 aliphatic rings. The number of rotatable bonds is 9. The highest BCUT2D eigenvalue weighted by atomic mass is 35.5. The van der Waals surface area contributed by atoms with Crippen molar-refractivity contribution < 1.29 is 9.53 Å². The molecule has 2 aromatic rings. The van der Waals surface area contributed by atoms with Crippen molar-refractivity contribution in [2.45, 2.75) is 37.8 Å². The summed E-state index contributed by atoms with van der Waals surface area (Å²) in [5.41, 5.74) is 7.87. The van der Waals surface area contributed by atoms with E-state index in [0.29, 0.717) is 35.5 Å². The van der Waals surface area contributed by atoms with E-state index >= 15 is 0 Å². The molecular formula is C24H31Cl2N3O2. The van der Waals surface area contributed by atoms with Gasteiger partial charge in [0, 0.05) is 36.3 Å². The second-order valence-corrected chi connectivity index (χ2v) is 9.37. The third-order valence-corrected chi connectivity index (χ3v) is 6.26. The summed E-state index contributed by atoms with van der Waals surface area (Å²) in [6, 6.07) is 14.7. The minimum absolute atomic E-state index is 0.0293. The lowest BCUT2D eigenvalue weighted by Crippen LogP contribution is -2.52. The van der Waals surface area contributed by atoms with Crippen LogP contribution in [-0.4, -0.2) is 38.3 Å². The van der Waals surface area contributed by atoms with Crippen molar-refractivity contribution in [3.63, 3.8) is 0 Å². The predicted molar refractivity (Wildman–Crippen MR) is 126 cm³/mol. The Morgan fingerprint density at radius 1 is 1.16 bits per heavy atom. The molecule has 1 amide bonds. The number of carbonyl (C=O) groups excluding carboxylic acids is 1. The van der Waals surface area contributed by atoms with Crippen LogP contribution in [0.3, 0.4) is 0 Å². The normalized spacial score (nSPS) is 17.7. The highest BCUT2D eigenvalue weighted by Gasteiger charge is 2.26. The summed E-state index contributed by atoms with van der Waals surface area (Å²) >= 11 is 12.2. The van der Waals surface area contributed by atoms with Gasteiger partial charge in [0.05, 0.1) is 11.6 Å². The van der Waals surface area contributed by atoms with E-state index in [1.165, 1.54) is 0 Å². The van der Waals surface area contributed by atoms with Crippen molar-refractivity contribution in [2.24, 2.45) is 11.7 Å². The van der Waals surface area contributed by atoms with Gasteiger partial charge in [-0.15, -0.1) is 0 Å². The molecule has 0 aromatic heterocycles. The summed E-state index contributed by atoms with van der Waals surface area (Å²) in [7, 11) is 0. The van der Waals surface area contributed by atoms with Gasteiger partial charge in [0.1, 0.15) is 0 Å². The average molecular weight is 464 g/mol. The van der Waals surface area contributed by atoms with Crippen LogP contribution in [0.1, 0.15) is 30.9 Å². The predicted octanol–water partition coefficient (Wildman–Crippen LogP) is 3.91. The molecule has 5 nitrogen and oxygen atoms in total. The van der Waals surface area contributed by atoms with Gasteiger partial charge in [-0.1, -0.05) is 47.5 Å². The quantitative estimate of drug-likeness (QED) is 0.526. The molecule has 31 heavy (non-hydrogen) atoms. The molecule has 2 atom stereocenters. The van der Waals surface area contributed by atoms with Crippen LogP contribution in [-0.2, 0) is 21.5 Å². The fraction of sp³-hybridized carbons (Fsp3) is 0.458. The Balaban J connectivity index is 1.66. The van der Waals surface area contributed by atoms with Gasteiger partial charge in [0.15, 0.2) is 0 Å². The maximum atomic E-state index is 13.1. The maximum absolute atomic E-state index is 13.1. The Morgan fingerprint density at radius 3 is 2.55 bits per heavy atom. The molecule has 0 unspecified atom stereocenters. The summed E-state index contributed by atoms with van der Waals surface area (Å²) in [6.45, 7) is 4.56. The van der Waals surface area contributed by atoms with Crippen LogP contribution >= 0.6 is 23.2 Å². The van der Waals surface area contributed by atoms with E-state index in [4.69, 9.17) is 33.7 Å². The minimum atomic E-state index is -0.655. The standard InChI is InChI=1S/C24H31Cl2N3O2/c1-24(27,19-5-7-20(25)8-6-19)16-29-22(14-18-3-2-4-21(26)13-18)23(30)28-15-17-9-11-31-12-10-17/h2-8,13,17,22,29H,9-12,14-16,27H2,1H3,(H,28,30)/t22-,24+/m1/s1. The molecule has 3 rings (SSSR count). The number of benzene rings is 2. The van der Waals surface area contributed by atoms with Gasteiger partial charge >= 0.3 is 0 Å². The molecular weight excluding hydrogens is 433 g/mol. The third kappa shape index (κ3) is 7.48. The number of amides is 1. The van der Waals surface area contributed by atoms with Gasteiger partial charge in [-0.2, -0.15) is 0 Å². The summed E-state index contributed by atoms with van der Waals surface area (Å²) in [4.78, 5) is 13.1. The highest BCUT2D eigenvalue weighted by Crippen LogP contribution is 2.20. The van der Waals surface area contributed by atoms with Crippen molar-refractivity contribution >= 4 is 29.1 Å². The van der Waals surface area contributed by atoms with Crippen molar-refractivity contribution in [3.8, 4) is 0 Å². The van der Waals surface area contributed by atoms with Gasteiger partial charge < -0.3 is 21.1 Å². The molecule has 0 aliphatic carbocycles. The number of halogens is 2. The first-order valence-electron chi connectivity index (χ1n) is 10.7. The van der Waals surface area contributed by atoms with Crippen LogP contribution in [0.4, 0.5) is 0 Å². The highest BCUT2D eigenvalue weighted by molar-refractivity contribution is 6.30. The Morgan fingerprint density at radius 2 is 1.87 bits per heavy atom. The van der Waals surface area contributed by atoms with E-state index in [0.717, 1.165) is 37.2 Å². The van der Waals surface area contributed by atoms with Crippen molar-refractivity contribution in [1.82, 2.24) is 10.6 Å². The van der Waals surface area contributed by atoms with Crippen molar-refractivity contribution in [2.75, 3.05) is 26.3 Å². The first kappa shape index (κ1) is 24.0. The molecule has 1 fully saturated rings. The number of ether oxygens (including phenoxy) is 1. The second-order valence-electron chi connectivity index (χ2n) is 8.49. The van der Waals surface area contributed by atoms with Gasteiger partial charge in [-0.05, 0) is 67.5 Å². The van der Waals surface area contributed by atoms with Crippen LogP contribution in [0.15, 0.2) is 48.5 Å². The van der Waals surface area contributed by atoms with Crippen LogP contribution < -0.4 is 16.4 Å². The van der Waals surface area contributed by atoms with E-state index in [1.807, 2.05) is 55.5 Å². The molecule has 1 aliphatic heterocycles. The molecule has 2 aromatic carbocycles. The van der Waals surface area contributed by atoms with E-state index < -0.39 is 11.6 Å². The zero-order valence-electron chi connectivity index (χ0n) is 17.9. The van der Waals surface area contributed by atoms with Crippen molar-refractivity contribution in [3.05, 3.63) is 69.7 Å². The summed E-state index contributed by atoms with van der Waals surface area (Å²) in [6.07, 6.45) is 2.48. The van der Waals surface area contributed by atoms with E-state index in [1.54, 1.807) is 0 Å². The molecule has 0 spiro atoms. The molecule has 0 saturated carbocycles. The minimum Gasteiger partial charge on any atom is -0.381 e. The van der Waals surface area contributed by atoms with Gasteiger partial charge in [-0.25, -0.2) is 0 Å². The molecule has 7 heteroatoms. The van der Waals surface area contributed by atoms with E-state index in [-0.39, 0.29) is 5.91 Å².